The van der Waals surface area contributed by atoms with Crippen LogP contribution in [0.25, 0.3) is 0 Å². The summed E-state index contributed by atoms with van der Waals surface area (Å²) < 4.78 is 10.6. The van der Waals surface area contributed by atoms with E-state index in [0.29, 0.717) is 54.9 Å². The molecule has 1 saturated heterocycles. The highest BCUT2D eigenvalue weighted by Gasteiger charge is 2.24. The van der Waals surface area contributed by atoms with Crippen LogP contribution in [0.5, 0.6) is 11.5 Å². The van der Waals surface area contributed by atoms with Crippen molar-refractivity contribution >= 4 is 23.4 Å². The number of rotatable bonds is 6. The molecule has 9 heteroatoms. The van der Waals surface area contributed by atoms with Crippen LogP contribution >= 0.6 is 0 Å². The first-order valence-corrected chi connectivity index (χ1v) is 9.96. The summed E-state index contributed by atoms with van der Waals surface area (Å²) in [6, 6.07) is 14.6. The van der Waals surface area contributed by atoms with Crippen LogP contribution in [0, 0.1) is 0 Å². The molecule has 2 aromatic heterocycles. The van der Waals surface area contributed by atoms with Gasteiger partial charge in [-0.15, -0.1) is 10.2 Å². The van der Waals surface area contributed by atoms with Gasteiger partial charge in [-0.05, 0) is 42.5 Å². The Morgan fingerprint density at radius 2 is 1.71 bits per heavy atom. The zero-order valence-corrected chi connectivity index (χ0v) is 17.5. The first-order chi connectivity index (χ1) is 15.2. The Bertz CT molecular complexity index is 1020. The van der Waals surface area contributed by atoms with Crippen molar-refractivity contribution in [3.63, 3.8) is 0 Å². The van der Waals surface area contributed by atoms with Gasteiger partial charge in [-0.25, -0.2) is 4.98 Å². The number of carbonyl (C=O) groups excluding carboxylic acids is 1. The predicted molar refractivity (Wildman–Crippen MR) is 117 cm³/mol. The fraction of sp³-hybridized carbons (Fsp3) is 0.273. The molecule has 1 aromatic carbocycles. The molecule has 4 rings (SSSR count). The number of hydrogen-bond donors (Lipinski definition) is 1. The number of benzene rings is 1. The van der Waals surface area contributed by atoms with Gasteiger partial charge >= 0.3 is 0 Å². The van der Waals surface area contributed by atoms with Crippen molar-refractivity contribution in [2.24, 2.45) is 0 Å². The predicted octanol–water partition coefficient (Wildman–Crippen LogP) is 2.59. The van der Waals surface area contributed by atoms with Gasteiger partial charge in [-0.2, -0.15) is 0 Å². The van der Waals surface area contributed by atoms with E-state index in [0.717, 1.165) is 5.82 Å². The number of nitrogens with zero attached hydrogens (tertiary/aromatic N) is 5. The molecule has 1 aliphatic rings. The molecule has 3 heterocycles. The fourth-order valence-corrected chi connectivity index (χ4v) is 3.42. The maximum atomic E-state index is 12.9. The lowest BCUT2D eigenvalue weighted by Gasteiger charge is -2.35. The van der Waals surface area contributed by atoms with Crippen molar-refractivity contribution in [2.45, 2.75) is 0 Å². The Hall–Kier alpha value is -3.88. The molecule has 0 spiro atoms. The van der Waals surface area contributed by atoms with Gasteiger partial charge in [0, 0.05) is 37.9 Å². The lowest BCUT2D eigenvalue weighted by Crippen LogP contribution is -2.49. The Labute approximate surface area is 180 Å². The Morgan fingerprint density at radius 3 is 2.35 bits per heavy atom. The van der Waals surface area contributed by atoms with E-state index >= 15 is 0 Å². The first-order valence-electron chi connectivity index (χ1n) is 9.96. The zero-order chi connectivity index (χ0) is 21.6. The summed E-state index contributed by atoms with van der Waals surface area (Å²) in [5.74, 6) is 3.24. The Morgan fingerprint density at radius 1 is 0.903 bits per heavy atom. The molecule has 0 atom stereocenters. The summed E-state index contributed by atoms with van der Waals surface area (Å²) in [7, 11) is 3.13. The summed E-state index contributed by atoms with van der Waals surface area (Å²) in [4.78, 5) is 21.1. The van der Waals surface area contributed by atoms with E-state index in [1.807, 2.05) is 35.2 Å². The molecule has 1 N–H and O–H groups in total. The molecule has 1 aliphatic heterocycles. The van der Waals surface area contributed by atoms with Crippen LogP contribution in [0.1, 0.15) is 10.4 Å². The SMILES string of the molecule is COc1ccc(C(=O)N2CCN(c3ccc(Nc4ccccn4)nn3)CC2)cc1OC. The maximum absolute atomic E-state index is 12.9. The number of aromatic nitrogens is 3. The van der Waals surface area contributed by atoms with Gasteiger partial charge in [-0.3, -0.25) is 4.79 Å². The quantitative estimate of drug-likeness (QED) is 0.651. The average Bonchev–Trinajstić information content (AvgIpc) is 2.84. The minimum atomic E-state index is -0.0263. The van der Waals surface area contributed by atoms with Crippen molar-refractivity contribution in [1.82, 2.24) is 20.1 Å². The highest BCUT2D eigenvalue weighted by Crippen LogP contribution is 2.28. The smallest absolute Gasteiger partial charge is 0.254 e. The molecule has 3 aromatic rings. The molecule has 0 radical (unpaired) electrons. The number of carbonyl (C=O) groups is 1. The molecular weight excluding hydrogens is 396 g/mol. The van der Waals surface area contributed by atoms with Gasteiger partial charge in [0.25, 0.3) is 5.91 Å². The van der Waals surface area contributed by atoms with Crippen LogP contribution in [-0.4, -0.2) is 66.4 Å². The number of hydrogen-bond acceptors (Lipinski definition) is 8. The third-order valence-corrected chi connectivity index (χ3v) is 5.09. The van der Waals surface area contributed by atoms with E-state index in [1.165, 1.54) is 0 Å². The van der Waals surface area contributed by atoms with Gasteiger partial charge in [0.1, 0.15) is 5.82 Å². The second-order valence-electron chi connectivity index (χ2n) is 6.97. The number of ether oxygens (including phenoxy) is 2. The van der Waals surface area contributed by atoms with E-state index in [1.54, 1.807) is 38.6 Å². The van der Waals surface area contributed by atoms with E-state index in [-0.39, 0.29) is 5.91 Å². The number of pyridine rings is 1. The molecule has 31 heavy (non-hydrogen) atoms. The summed E-state index contributed by atoms with van der Waals surface area (Å²) in [6.07, 6.45) is 1.72. The molecule has 9 nitrogen and oxygen atoms in total. The third kappa shape index (κ3) is 4.66. The lowest BCUT2D eigenvalue weighted by molar-refractivity contribution is 0.0746. The number of methoxy groups -OCH3 is 2. The first kappa shape index (κ1) is 20.4. The van der Waals surface area contributed by atoms with E-state index < -0.39 is 0 Å². The van der Waals surface area contributed by atoms with Gasteiger partial charge < -0.3 is 24.6 Å². The van der Waals surface area contributed by atoms with E-state index in [2.05, 4.69) is 25.4 Å². The number of nitrogens with one attached hydrogen (secondary N) is 1. The van der Waals surface area contributed by atoms with Crippen LogP contribution < -0.4 is 19.7 Å². The zero-order valence-electron chi connectivity index (χ0n) is 17.5. The summed E-state index contributed by atoms with van der Waals surface area (Å²) in [5.41, 5.74) is 0.579. The summed E-state index contributed by atoms with van der Waals surface area (Å²) in [5, 5.41) is 11.7. The van der Waals surface area contributed by atoms with Crippen LogP contribution in [0.2, 0.25) is 0 Å². The molecule has 0 saturated carbocycles. The standard InChI is InChI=1S/C22H24N6O3/c1-30-17-7-6-16(15-18(17)31-2)22(29)28-13-11-27(12-14-28)21-9-8-20(25-26-21)24-19-5-3-4-10-23-19/h3-10,15H,11-14H2,1-2H3,(H,23,24,25). The van der Waals surface area contributed by atoms with Gasteiger partial charge in [0.15, 0.2) is 23.1 Å². The second kappa shape index (κ2) is 9.29. The van der Waals surface area contributed by atoms with Crippen LogP contribution in [-0.2, 0) is 0 Å². The van der Waals surface area contributed by atoms with Crippen molar-refractivity contribution in [3.05, 3.63) is 60.3 Å². The lowest BCUT2D eigenvalue weighted by atomic mass is 10.1. The van der Waals surface area contributed by atoms with Crippen molar-refractivity contribution in [2.75, 3.05) is 50.6 Å². The molecular formula is C22H24N6O3. The number of anilines is 3. The summed E-state index contributed by atoms with van der Waals surface area (Å²) >= 11 is 0. The molecule has 1 amide bonds. The highest BCUT2D eigenvalue weighted by molar-refractivity contribution is 5.95. The second-order valence-corrected chi connectivity index (χ2v) is 6.97. The molecule has 0 unspecified atom stereocenters. The molecule has 160 valence electrons. The Kier molecular flexibility index (Phi) is 6.11. The summed E-state index contributed by atoms with van der Waals surface area (Å²) in [6.45, 7) is 2.56. The average molecular weight is 420 g/mol. The van der Waals surface area contributed by atoms with Gasteiger partial charge in [0.05, 0.1) is 14.2 Å². The van der Waals surface area contributed by atoms with Crippen molar-refractivity contribution < 1.29 is 14.3 Å². The van der Waals surface area contributed by atoms with Gasteiger partial charge in [-0.1, -0.05) is 6.07 Å². The molecule has 0 bridgehead atoms. The molecule has 0 aliphatic carbocycles. The molecule has 1 fully saturated rings. The third-order valence-electron chi connectivity index (χ3n) is 5.09. The van der Waals surface area contributed by atoms with Crippen LogP contribution in [0.4, 0.5) is 17.5 Å². The Balaban J connectivity index is 1.35. The highest BCUT2D eigenvalue weighted by atomic mass is 16.5. The minimum Gasteiger partial charge on any atom is -0.493 e. The van der Waals surface area contributed by atoms with Crippen LogP contribution in [0.15, 0.2) is 54.7 Å². The van der Waals surface area contributed by atoms with Crippen molar-refractivity contribution in [3.8, 4) is 11.5 Å². The maximum Gasteiger partial charge on any atom is 0.254 e. The topological polar surface area (TPSA) is 92.7 Å². The monoisotopic (exact) mass is 420 g/mol. The normalized spacial score (nSPS) is 13.6. The minimum absolute atomic E-state index is 0.0263. The number of piperazine rings is 1. The van der Waals surface area contributed by atoms with E-state index in [9.17, 15) is 4.79 Å². The number of amides is 1. The fourth-order valence-electron chi connectivity index (χ4n) is 3.42. The van der Waals surface area contributed by atoms with Gasteiger partial charge in [0.2, 0.25) is 0 Å². The largest absolute Gasteiger partial charge is 0.493 e. The van der Waals surface area contributed by atoms with Crippen molar-refractivity contribution in [1.29, 1.82) is 0 Å². The van der Waals surface area contributed by atoms with E-state index in [4.69, 9.17) is 9.47 Å². The van der Waals surface area contributed by atoms with Crippen LogP contribution in [0.3, 0.4) is 0 Å².